The Labute approximate surface area is 121 Å². The summed E-state index contributed by atoms with van der Waals surface area (Å²) in [4.78, 5) is 0. The Hall–Kier alpha value is -1.43. The van der Waals surface area contributed by atoms with E-state index in [1.807, 2.05) is 22.9 Å². The van der Waals surface area contributed by atoms with Crippen molar-refractivity contribution in [3.8, 4) is 11.4 Å². The second kappa shape index (κ2) is 5.28. The average Bonchev–Trinajstić information content (AvgIpc) is 2.82. The molecule has 2 N–H and O–H groups in total. The SMILES string of the molecule is CCCC(C)(C)n1nnnc1-c1cc(N)ccc1Br. The maximum atomic E-state index is 5.85. The van der Waals surface area contributed by atoms with Crippen molar-refractivity contribution in [3.05, 3.63) is 22.7 Å². The topological polar surface area (TPSA) is 69.6 Å². The minimum absolute atomic E-state index is 0.127. The van der Waals surface area contributed by atoms with Crippen LogP contribution in [0.4, 0.5) is 5.69 Å². The van der Waals surface area contributed by atoms with Crippen molar-refractivity contribution in [2.45, 2.75) is 39.2 Å². The van der Waals surface area contributed by atoms with Gasteiger partial charge in [-0.25, -0.2) is 4.68 Å². The van der Waals surface area contributed by atoms with Crippen LogP contribution in [0.3, 0.4) is 0 Å². The summed E-state index contributed by atoms with van der Waals surface area (Å²) < 4.78 is 2.81. The first-order valence-corrected chi connectivity index (χ1v) is 7.09. The fourth-order valence-electron chi connectivity index (χ4n) is 2.19. The summed E-state index contributed by atoms with van der Waals surface area (Å²) >= 11 is 3.53. The van der Waals surface area contributed by atoms with Crippen LogP contribution in [0.2, 0.25) is 0 Å². The second-order valence-electron chi connectivity index (χ2n) is 5.22. The van der Waals surface area contributed by atoms with Gasteiger partial charge in [-0.2, -0.15) is 0 Å². The monoisotopic (exact) mass is 323 g/mol. The van der Waals surface area contributed by atoms with Crippen molar-refractivity contribution in [2.75, 3.05) is 5.73 Å². The molecule has 102 valence electrons. The number of tetrazole rings is 1. The predicted molar refractivity (Wildman–Crippen MR) is 79.6 cm³/mol. The zero-order chi connectivity index (χ0) is 14.0. The van der Waals surface area contributed by atoms with E-state index < -0.39 is 0 Å². The lowest BCUT2D eigenvalue weighted by Crippen LogP contribution is -2.28. The van der Waals surface area contributed by atoms with E-state index in [9.17, 15) is 0 Å². The third-order valence-electron chi connectivity index (χ3n) is 3.14. The van der Waals surface area contributed by atoms with E-state index in [2.05, 4.69) is 52.2 Å². The highest BCUT2D eigenvalue weighted by molar-refractivity contribution is 9.10. The van der Waals surface area contributed by atoms with Gasteiger partial charge >= 0.3 is 0 Å². The number of nitrogens with two attached hydrogens (primary N) is 1. The molecule has 0 aliphatic carbocycles. The lowest BCUT2D eigenvalue weighted by molar-refractivity contribution is 0.290. The van der Waals surface area contributed by atoms with Gasteiger partial charge in [0.2, 0.25) is 0 Å². The molecular weight excluding hydrogens is 306 g/mol. The minimum Gasteiger partial charge on any atom is -0.399 e. The Morgan fingerprint density at radius 1 is 1.37 bits per heavy atom. The van der Waals surface area contributed by atoms with Gasteiger partial charge in [-0.1, -0.05) is 29.3 Å². The van der Waals surface area contributed by atoms with Gasteiger partial charge in [0.15, 0.2) is 5.82 Å². The number of anilines is 1. The van der Waals surface area contributed by atoms with Crippen molar-refractivity contribution in [2.24, 2.45) is 0 Å². The molecule has 2 aromatic rings. The molecule has 5 nitrogen and oxygen atoms in total. The Balaban J connectivity index is 2.53. The lowest BCUT2D eigenvalue weighted by Gasteiger charge is -2.25. The summed E-state index contributed by atoms with van der Waals surface area (Å²) in [6.45, 7) is 6.43. The summed E-state index contributed by atoms with van der Waals surface area (Å²) in [5, 5.41) is 12.1. The number of hydrogen-bond acceptors (Lipinski definition) is 4. The second-order valence-corrected chi connectivity index (χ2v) is 6.07. The smallest absolute Gasteiger partial charge is 0.183 e. The van der Waals surface area contributed by atoms with Crippen molar-refractivity contribution in [1.82, 2.24) is 20.2 Å². The molecule has 0 atom stereocenters. The Kier molecular flexibility index (Phi) is 3.89. The van der Waals surface area contributed by atoms with E-state index in [1.165, 1.54) is 0 Å². The molecule has 6 heteroatoms. The Bertz CT molecular complexity index is 576. The van der Waals surface area contributed by atoms with Crippen LogP contribution in [0.15, 0.2) is 22.7 Å². The minimum atomic E-state index is -0.127. The molecule has 0 saturated heterocycles. The predicted octanol–water partition coefficient (Wildman–Crippen LogP) is 3.22. The van der Waals surface area contributed by atoms with Crippen LogP contribution in [-0.4, -0.2) is 20.2 Å². The Morgan fingerprint density at radius 2 is 2.11 bits per heavy atom. The van der Waals surface area contributed by atoms with E-state index in [1.54, 1.807) is 0 Å². The molecule has 0 radical (unpaired) electrons. The highest BCUT2D eigenvalue weighted by Crippen LogP contribution is 2.32. The first-order valence-electron chi connectivity index (χ1n) is 6.30. The molecule has 1 aromatic carbocycles. The zero-order valence-electron chi connectivity index (χ0n) is 11.4. The first-order chi connectivity index (χ1) is 8.95. The molecule has 0 fully saturated rings. The van der Waals surface area contributed by atoms with Gasteiger partial charge in [0, 0.05) is 15.7 Å². The molecule has 19 heavy (non-hydrogen) atoms. The molecule has 0 aliphatic rings. The summed E-state index contributed by atoms with van der Waals surface area (Å²) in [5.74, 6) is 0.734. The normalized spacial score (nSPS) is 11.8. The highest BCUT2D eigenvalue weighted by Gasteiger charge is 2.25. The van der Waals surface area contributed by atoms with Gasteiger partial charge in [-0.15, -0.1) is 5.10 Å². The third-order valence-corrected chi connectivity index (χ3v) is 3.83. The molecule has 0 bridgehead atoms. The van der Waals surface area contributed by atoms with Crippen molar-refractivity contribution in [3.63, 3.8) is 0 Å². The van der Waals surface area contributed by atoms with Gasteiger partial charge in [0.1, 0.15) is 0 Å². The molecular formula is C13H18BrN5. The number of aromatic nitrogens is 4. The maximum Gasteiger partial charge on any atom is 0.183 e. The van der Waals surface area contributed by atoms with Crippen LogP contribution in [-0.2, 0) is 5.54 Å². The third kappa shape index (κ3) is 2.78. The molecule has 0 spiro atoms. The van der Waals surface area contributed by atoms with Gasteiger partial charge in [-0.05, 0) is 48.9 Å². The molecule has 1 heterocycles. The van der Waals surface area contributed by atoms with Crippen LogP contribution in [0.1, 0.15) is 33.6 Å². The van der Waals surface area contributed by atoms with E-state index in [-0.39, 0.29) is 5.54 Å². The zero-order valence-corrected chi connectivity index (χ0v) is 13.0. The Morgan fingerprint density at radius 3 is 2.79 bits per heavy atom. The summed E-state index contributed by atoms with van der Waals surface area (Å²) in [6.07, 6.45) is 2.08. The summed E-state index contributed by atoms with van der Waals surface area (Å²) in [6, 6.07) is 5.64. The molecule has 0 saturated carbocycles. The van der Waals surface area contributed by atoms with E-state index >= 15 is 0 Å². The van der Waals surface area contributed by atoms with Crippen LogP contribution < -0.4 is 5.73 Å². The fraction of sp³-hybridized carbons (Fsp3) is 0.462. The van der Waals surface area contributed by atoms with Gasteiger partial charge in [-0.3, -0.25) is 0 Å². The number of halogens is 1. The largest absolute Gasteiger partial charge is 0.399 e. The van der Waals surface area contributed by atoms with Gasteiger partial charge in [0.05, 0.1) is 5.54 Å². The van der Waals surface area contributed by atoms with Gasteiger partial charge in [0.25, 0.3) is 0 Å². The lowest BCUT2D eigenvalue weighted by atomic mass is 9.98. The molecule has 0 amide bonds. The van der Waals surface area contributed by atoms with E-state index in [0.717, 1.165) is 28.7 Å². The maximum absolute atomic E-state index is 5.85. The average molecular weight is 324 g/mol. The fourth-order valence-corrected chi connectivity index (χ4v) is 2.62. The van der Waals surface area contributed by atoms with Crippen LogP contribution in [0, 0.1) is 0 Å². The number of nitrogen functional groups attached to an aromatic ring is 1. The standard InChI is InChI=1S/C13H18BrN5/c1-4-7-13(2,3)19-12(16-17-18-19)10-8-9(15)5-6-11(10)14/h5-6,8H,4,7,15H2,1-3H3. The van der Waals surface area contributed by atoms with Gasteiger partial charge < -0.3 is 5.73 Å². The number of nitrogens with zero attached hydrogens (tertiary/aromatic N) is 4. The highest BCUT2D eigenvalue weighted by atomic mass is 79.9. The van der Waals surface area contributed by atoms with Crippen LogP contribution >= 0.6 is 15.9 Å². The van der Waals surface area contributed by atoms with Crippen LogP contribution in [0.5, 0.6) is 0 Å². The summed E-state index contributed by atoms with van der Waals surface area (Å²) in [7, 11) is 0. The van der Waals surface area contributed by atoms with Crippen molar-refractivity contribution < 1.29 is 0 Å². The number of rotatable bonds is 4. The van der Waals surface area contributed by atoms with Crippen molar-refractivity contribution in [1.29, 1.82) is 0 Å². The molecule has 0 unspecified atom stereocenters. The molecule has 1 aromatic heterocycles. The summed E-state index contributed by atoms with van der Waals surface area (Å²) in [5.41, 5.74) is 7.33. The molecule has 0 aliphatic heterocycles. The quantitative estimate of drug-likeness (QED) is 0.877. The first kappa shape index (κ1) is 14.0. The number of benzene rings is 1. The van der Waals surface area contributed by atoms with E-state index in [4.69, 9.17) is 5.73 Å². The molecule has 2 rings (SSSR count). The van der Waals surface area contributed by atoms with E-state index in [0.29, 0.717) is 5.69 Å². The van der Waals surface area contributed by atoms with Crippen molar-refractivity contribution >= 4 is 21.6 Å². The van der Waals surface area contributed by atoms with Crippen LogP contribution in [0.25, 0.3) is 11.4 Å². The number of hydrogen-bond donors (Lipinski definition) is 1.